The summed E-state index contributed by atoms with van der Waals surface area (Å²) in [4.78, 5) is 49.1. The third-order valence-electron chi connectivity index (χ3n) is 4.91. The van der Waals surface area contributed by atoms with Crippen LogP contribution in [0.5, 0.6) is 0 Å². The van der Waals surface area contributed by atoms with Crippen molar-refractivity contribution in [2.24, 2.45) is 11.7 Å². The van der Waals surface area contributed by atoms with Gasteiger partial charge in [-0.25, -0.2) is 0 Å². The molecule has 2 atom stereocenters. The third kappa shape index (κ3) is 7.70. The molecule has 0 heterocycles. The largest absolute Gasteiger partial charge is 0.363 e. The summed E-state index contributed by atoms with van der Waals surface area (Å²) in [6, 6.07) is 16.6. The first kappa shape index (κ1) is 23.8. The summed E-state index contributed by atoms with van der Waals surface area (Å²) in [6.45, 7) is 3.59. The zero-order valence-electron chi connectivity index (χ0n) is 17.8. The molecule has 2 rings (SSSR count). The Morgan fingerprint density at radius 2 is 1.39 bits per heavy atom. The van der Waals surface area contributed by atoms with Gasteiger partial charge in [-0.1, -0.05) is 74.5 Å². The molecule has 0 saturated heterocycles. The van der Waals surface area contributed by atoms with Crippen LogP contribution in [0.4, 0.5) is 0 Å². The van der Waals surface area contributed by atoms with Crippen LogP contribution in [-0.2, 0) is 32.0 Å². The summed E-state index contributed by atoms with van der Waals surface area (Å²) in [5.41, 5.74) is 6.97. The van der Waals surface area contributed by atoms with E-state index in [9.17, 15) is 19.2 Å². The first-order chi connectivity index (χ1) is 14.8. The second-order valence-corrected chi connectivity index (χ2v) is 7.75. The molecule has 0 radical (unpaired) electrons. The van der Waals surface area contributed by atoms with Crippen molar-refractivity contribution in [2.75, 3.05) is 0 Å². The number of hydrogen-bond donors (Lipinski definition) is 3. The highest BCUT2D eigenvalue weighted by molar-refractivity contribution is 6.37. The van der Waals surface area contributed by atoms with Gasteiger partial charge in [0, 0.05) is 12.8 Å². The van der Waals surface area contributed by atoms with Crippen LogP contribution in [0, 0.1) is 5.92 Å². The second kappa shape index (κ2) is 11.6. The minimum absolute atomic E-state index is 0.126. The maximum Gasteiger partial charge on any atom is 0.287 e. The Kier molecular flexibility index (Phi) is 8.94. The molecular weight excluding hydrogens is 394 g/mol. The average molecular weight is 424 g/mol. The van der Waals surface area contributed by atoms with E-state index in [1.54, 1.807) is 38.1 Å². The molecule has 0 fully saturated rings. The number of rotatable bonds is 11. The Balaban J connectivity index is 2.04. The Morgan fingerprint density at radius 3 is 1.90 bits per heavy atom. The summed E-state index contributed by atoms with van der Waals surface area (Å²) >= 11 is 0. The summed E-state index contributed by atoms with van der Waals surface area (Å²) in [5, 5.41) is 5.35. The molecule has 7 heteroatoms. The molecule has 2 aromatic carbocycles. The van der Waals surface area contributed by atoms with Gasteiger partial charge in [0.1, 0.15) is 12.1 Å². The van der Waals surface area contributed by atoms with Gasteiger partial charge in [0.15, 0.2) is 0 Å². The van der Waals surface area contributed by atoms with Gasteiger partial charge in [-0.05, 0) is 23.5 Å². The number of aryl methyl sites for hydroxylation is 1. The lowest BCUT2D eigenvalue weighted by molar-refractivity contribution is -0.139. The quantitative estimate of drug-likeness (QED) is 0.475. The molecule has 0 aromatic heterocycles. The van der Waals surface area contributed by atoms with Crippen LogP contribution < -0.4 is 16.4 Å². The van der Waals surface area contributed by atoms with E-state index < -0.39 is 29.7 Å². The number of hydrogen-bond acceptors (Lipinski definition) is 4. The summed E-state index contributed by atoms with van der Waals surface area (Å²) in [5.74, 6) is -3.01. The third-order valence-corrected chi connectivity index (χ3v) is 4.91. The van der Waals surface area contributed by atoms with Gasteiger partial charge in [-0.15, -0.1) is 0 Å². The van der Waals surface area contributed by atoms with Gasteiger partial charge >= 0.3 is 0 Å². The maximum absolute atomic E-state index is 12.9. The zero-order chi connectivity index (χ0) is 22.8. The van der Waals surface area contributed by atoms with E-state index in [0.717, 1.165) is 11.1 Å². The highest BCUT2D eigenvalue weighted by Crippen LogP contribution is 2.08. The maximum atomic E-state index is 12.9. The van der Waals surface area contributed by atoms with Crippen LogP contribution in [0.15, 0.2) is 60.7 Å². The first-order valence-corrected chi connectivity index (χ1v) is 10.3. The van der Waals surface area contributed by atoms with Crippen LogP contribution >= 0.6 is 0 Å². The van der Waals surface area contributed by atoms with E-state index in [-0.39, 0.29) is 24.7 Å². The Bertz CT molecular complexity index is 898. The highest BCUT2D eigenvalue weighted by atomic mass is 16.2. The van der Waals surface area contributed by atoms with Crippen molar-refractivity contribution in [3.63, 3.8) is 0 Å². The molecule has 2 aromatic rings. The fraction of sp³-hybridized carbons (Fsp3) is 0.333. The van der Waals surface area contributed by atoms with Crippen LogP contribution in [0.2, 0.25) is 0 Å². The van der Waals surface area contributed by atoms with E-state index in [1.165, 1.54) is 0 Å². The molecule has 0 aliphatic carbocycles. The van der Waals surface area contributed by atoms with Gasteiger partial charge in [-0.2, -0.15) is 0 Å². The summed E-state index contributed by atoms with van der Waals surface area (Å²) in [7, 11) is 0. The van der Waals surface area contributed by atoms with Crippen LogP contribution in [0.1, 0.15) is 31.4 Å². The first-order valence-electron chi connectivity index (χ1n) is 10.3. The van der Waals surface area contributed by atoms with E-state index in [0.29, 0.717) is 6.42 Å². The van der Waals surface area contributed by atoms with Gasteiger partial charge in [0.2, 0.25) is 17.6 Å². The molecule has 7 nitrogen and oxygen atoms in total. The molecule has 0 bridgehead atoms. The van der Waals surface area contributed by atoms with Crippen molar-refractivity contribution in [2.45, 2.75) is 45.2 Å². The van der Waals surface area contributed by atoms with Crippen molar-refractivity contribution in [1.29, 1.82) is 0 Å². The Labute approximate surface area is 182 Å². The van der Waals surface area contributed by atoms with Crippen LogP contribution in [-0.4, -0.2) is 35.6 Å². The minimum Gasteiger partial charge on any atom is -0.363 e. The molecule has 4 N–H and O–H groups in total. The molecule has 0 saturated carbocycles. The minimum atomic E-state index is -1.12. The fourth-order valence-corrected chi connectivity index (χ4v) is 3.18. The van der Waals surface area contributed by atoms with Gasteiger partial charge in [0.05, 0.1) is 0 Å². The highest BCUT2D eigenvalue weighted by Gasteiger charge is 2.30. The number of carbonyl (C=O) groups is 4. The predicted octanol–water partition coefficient (Wildman–Crippen LogP) is 1.54. The Morgan fingerprint density at radius 1 is 0.839 bits per heavy atom. The molecule has 2 unspecified atom stereocenters. The van der Waals surface area contributed by atoms with Gasteiger partial charge in [-0.3, -0.25) is 19.2 Å². The summed E-state index contributed by atoms with van der Waals surface area (Å²) in [6.07, 6.45) is 0.908. The van der Waals surface area contributed by atoms with Crippen LogP contribution in [0.25, 0.3) is 0 Å². The van der Waals surface area contributed by atoms with Gasteiger partial charge in [0.25, 0.3) is 5.91 Å². The summed E-state index contributed by atoms with van der Waals surface area (Å²) < 4.78 is 0. The molecule has 31 heavy (non-hydrogen) atoms. The number of Topliss-reactive ketones (excluding diaryl/α,β-unsaturated/α-hetero) is 1. The molecule has 0 aliphatic heterocycles. The topological polar surface area (TPSA) is 118 Å². The molecule has 164 valence electrons. The predicted molar refractivity (Wildman–Crippen MR) is 118 cm³/mol. The Hall–Kier alpha value is -3.48. The van der Waals surface area contributed by atoms with Crippen molar-refractivity contribution < 1.29 is 19.2 Å². The lowest BCUT2D eigenvalue weighted by Gasteiger charge is -2.25. The number of carbonyl (C=O) groups excluding carboxylic acids is 4. The van der Waals surface area contributed by atoms with Crippen molar-refractivity contribution in [3.8, 4) is 0 Å². The lowest BCUT2D eigenvalue weighted by Crippen LogP contribution is -2.55. The number of nitrogens with two attached hydrogens (primary N) is 1. The van der Waals surface area contributed by atoms with Crippen LogP contribution in [0.3, 0.4) is 0 Å². The second-order valence-electron chi connectivity index (χ2n) is 7.75. The monoisotopic (exact) mass is 423 g/mol. The SMILES string of the molecule is CC(C)C(NC(=O)CCc1ccccc1)C(=O)NC(Cc1ccccc1)C(=O)C(N)=O. The molecular formula is C24H29N3O4. The van der Waals surface area contributed by atoms with Crippen molar-refractivity contribution in [3.05, 3.63) is 71.8 Å². The molecule has 0 aliphatic rings. The number of ketones is 1. The zero-order valence-corrected chi connectivity index (χ0v) is 17.8. The smallest absolute Gasteiger partial charge is 0.287 e. The average Bonchev–Trinajstić information content (AvgIpc) is 2.76. The van der Waals surface area contributed by atoms with E-state index in [1.807, 2.05) is 36.4 Å². The number of benzene rings is 2. The number of nitrogens with one attached hydrogen (secondary N) is 2. The molecule has 3 amide bonds. The number of primary amides is 1. The van der Waals surface area contributed by atoms with E-state index in [2.05, 4.69) is 10.6 Å². The van der Waals surface area contributed by atoms with E-state index in [4.69, 9.17) is 5.73 Å². The number of amides is 3. The fourth-order valence-electron chi connectivity index (χ4n) is 3.18. The lowest BCUT2D eigenvalue weighted by atomic mass is 9.99. The van der Waals surface area contributed by atoms with Crippen molar-refractivity contribution >= 4 is 23.5 Å². The standard InChI is InChI=1S/C24H29N3O4/c1-16(2)21(27-20(28)14-13-17-9-5-3-6-10-17)24(31)26-19(22(29)23(25)30)15-18-11-7-4-8-12-18/h3-12,16,19,21H,13-15H2,1-2H3,(H2,25,30)(H,26,31)(H,27,28). The van der Waals surface area contributed by atoms with Gasteiger partial charge < -0.3 is 16.4 Å². The normalized spacial score (nSPS) is 12.6. The van der Waals surface area contributed by atoms with Crippen molar-refractivity contribution in [1.82, 2.24) is 10.6 Å². The molecule has 0 spiro atoms. The van der Waals surface area contributed by atoms with E-state index >= 15 is 0 Å².